The maximum absolute atomic E-state index is 13.2. The highest BCUT2D eigenvalue weighted by Crippen LogP contribution is 2.30. The van der Waals surface area contributed by atoms with Crippen LogP contribution < -0.4 is 10.5 Å². The number of hydrogen-bond acceptors (Lipinski definition) is 2. The molecule has 76 valence electrons. The lowest BCUT2D eigenvalue weighted by atomic mass is 10.0. The molecule has 2 rings (SSSR count). The van der Waals surface area contributed by atoms with Crippen molar-refractivity contribution in [3.05, 3.63) is 29.3 Å². The van der Waals surface area contributed by atoms with Gasteiger partial charge in [-0.2, -0.15) is 0 Å². The van der Waals surface area contributed by atoms with Gasteiger partial charge in [0.1, 0.15) is 23.5 Å². The van der Waals surface area contributed by atoms with Crippen molar-refractivity contribution in [2.45, 2.75) is 18.9 Å². The Morgan fingerprint density at radius 3 is 2.93 bits per heavy atom. The van der Waals surface area contributed by atoms with Crippen LogP contribution in [0.15, 0.2) is 12.1 Å². The van der Waals surface area contributed by atoms with E-state index in [0.717, 1.165) is 6.07 Å². The number of rotatable bonds is 1. The average molecular weight is 199 g/mol. The highest BCUT2D eigenvalue weighted by atomic mass is 19.1. The van der Waals surface area contributed by atoms with Gasteiger partial charge in [0.15, 0.2) is 0 Å². The fraction of sp³-hybridized carbons (Fsp3) is 0.400. The van der Waals surface area contributed by atoms with Crippen molar-refractivity contribution < 1.29 is 13.5 Å². The molecule has 1 heterocycles. The van der Waals surface area contributed by atoms with Crippen molar-refractivity contribution in [3.63, 3.8) is 0 Å². The Morgan fingerprint density at radius 1 is 1.43 bits per heavy atom. The zero-order valence-electron chi connectivity index (χ0n) is 7.59. The summed E-state index contributed by atoms with van der Waals surface area (Å²) in [5.74, 6) is -0.849. The molecule has 0 saturated carbocycles. The van der Waals surface area contributed by atoms with Crippen LogP contribution in [-0.4, -0.2) is 12.6 Å². The largest absolute Gasteiger partial charge is 0.489 e. The second-order valence-corrected chi connectivity index (χ2v) is 3.38. The van der Waals surface area contributed by atoms with E-state index in [0.29, 0.717) is 30.7 Å². The Bertz CT molecular complexity index is 354. The van der Waals surface area contributed by atoms with Crippen LogP contribution in [0, 0.1) is 11.6 Å². The number of benzene rings is 1. The molecule has 0 aromatic heterocycles. The van der Waals surface area contributed by atoms with E-state index < -0.39 is 11.6 Å². The van der Waals surface area contributed by atoms with E-state index in [1.807, 2.05) is 0 Å². The molecule has 0 amide bonds. The number of ether oxygens (including phenoxy) is 1. The maximum Gasteiger partial charge on any atom is 0.133 e. The Hall–Kier alpha value is -1.16. The minimum absolute atomic E-state index is 0.122. The van der Waals surface area contributed by atoms with Gasteiger partial charge in [0.2, 0.25) is 0 Å². The number of hydrogen-bond donors (Lipinski definition) is 1. The molecule has 1 aromatic carbocycles. The van der Waals surface area contributed by atoms with Crippen LogP contribution >= 0.6 is 0 Å². The van der Waals surface area contributed by atoms with Gasteiger partial charge in [0.25, 0.3) is 0 Å². The van der Waals surface area contributed by atoms with Gasteiger partial charge in [-0.1, -0.05) is 0 Å². The predicted octanol–water partition coefficient (Wildman–Crippen LogP) is 1.62. The van der Waals surface area contributed by atoms with Crippen molar-refractivity contribution in [2.24, 2.45) is 5.73 Å². The van der Waals surface area contributed by atoms with E-state index >= 15 is 0 Å². The van der Waals surface area contributed by atoms with Crippen molar-refractivity contribution in [2.75, 3.05) is 6.54 Å². The third-order valence-corrected chi connectivity index (χ3v) is 2.39. The summed E-state index contributed by atoms with van der Waals surface area (Å²) in [5.41, 5.74) is 5.88. The highest BCUT2D eigenvalue weighted by Gasteiger charge is 2.22. The fourth-order valence-electron chi connectivity index (χ4n) is 1.64. The molecule has 2 N–H and O–H groups in total. The van der Waals surface area contributed by atoms with Crippen LogP contribution in [0.1, 0.15) is 12.0 Å². The second-order valence-electron chi connectivity index (χ2n) is 3.38. The SMILES string of the molecule is NCC1CCc2c(F)cc(F)cc2O1. The lowest BCUT2D eigenvalue weighted by molar-refractivity contribution is 0.178. The van der Waals surface area contributed by atoms with E-state index in [1.54, 1.807) is 0 Å². The van der Waals surface area contributed by atoms with E-state index in [1.165, 1.54) is 6.07 Å². The molecular weight excluding hydrogens is 188 g/mol. The summed E-state index contributed by atoms with van der Waals surface area (Å²) >= 11 is 0. The Balaban J connectivity index is 2.37. The lowest BCUT2D eigenvalue weighted by Gasteiger charge is -2.25. The molecule has 0 spiro atoms. The van der Waals surface area contributed by atoms with Gasteiger partial charge in [-0.15, -0.1) is 0 Å². The van der Waals surface area contributed by atoms with Gasteiger partial charge < -0.3 is 10.5 Å². The Labute approximate surface area is 80.7 Å². The van der Waals surface area contributed by atoms with Gasteiger partial charge in [-0.05, 0) is 12.8 Å². The number of halogens is 2. The summed E-state index contributed by atoms with van der Waals surface area (Å²) < 4.78 is 31.4. The summed E-state index contributed by atoms with van der Waals surface area (Å²) in [7, 11) is 0. The first-order valence-electron chi connectivity index (χ1n) is 4.55. The molecular formula is C10H11F2NO. The van der Waals surface area contributed by atoms with E-state index in [9.17, 15) is 8.78 Å². The van der Waals surface area contributed by atoms with Gasteiger partial charge in [-0.3, -0.25) is 0 Å². The van der Waals surface area contributed by atoms with Crippen molar-refractivity contribution >= 4 is 0 Å². The summed E-state index contributed by atoms with van der Waals surface area (Å²) in [5, 5.41) is 0. The molecule has 0 fully saturated rings. The highest BCUT2D eigenvalue weighted by molar-refractivity contribution is 5.37. The molecule has 2 nitrogen and oxygen atoms in total. The standard InChI is InChI=1S/C10H11F2NO/c11-6-3-9(12)8-2-1-7(5-13)14-10(8)4-6/h3-4,7H,1-2,5,13H2. The summed E-state index contributed by atoms with van der Waals surface area (Å²) in [6.07, 6.45) is 1.12. The predicted molar refractivity (Wildman–Crippen MR) is 48.1 cm³/mol. The topological polar surface area (TPSA) is 35.2 Å². The van der Waals surface area contributed by atoms with Crippen molar-refractivity contribution in [1.82, 2.24) is 0 Å². The number of fused-ring (bicyclic) bond motifs is 1. The maximum atomic E-state index is 13.2. The van der Waals surface area contributed by atoms with Crippen molar-refractivity contribution in [1.29, 1.82) is 0 Å². The molecule has 0 saturated heterocycles. The van der Waals surface area contributed by atoms with Gasteiger partial charge >= 0.3 is 0 Å². The summed E-state index contributed by atoms with van der Waals surface area (Å²) in [6.45, 7) is 0.373. The molecule has 1 aliphatic heterocycles. The van der Waals surface area contributed by atoms with Crippen LogP contribution in [-0.2, 0) is 6.42 Å². The minimum Gasteiger partial charge on any atom is -0.489 e. The molecule has 4 heteroatoms. The van der Waals surface area contributed by atoms with Gasteiger partial charge in [0.05, 0.1) is 0 Å². The zero-order chi connectivity index (χ0) is 10.1. The third kappa shape index (κ3) is 1.57. The number of nitrogens with two attached hydrogens (primary N) is 1. The average Bonchev–Trinajstić information content (AvgIpc) is 2.16. The Kier molecular flexibility index (Phi) is 2.37. The van der Waals surface area contributed by atoms with Crippen LogP contribution in [0.4, 0.5) is 8.78 Å². The first-order valence-corrected chi connectivity index (χ1v) is 4.55. The molecule has 1 aromatic rings. The lowest BCUT2D eigenvalue weighted by Crippen LogP contribution is -2.30. The molecule has 1 atom stereocenters. The smallest absolute Gasteiger partial charge is 0.133 e. The Morgan fingerprint density at radius 2 is 2.21 bits per heavy atom. The second kappa shape index (κ2) is 3.53. The van der Waals surface area contributed by atoms with E-state index in [2.05, 4.69) is 0 Å². The molecule has 1 aliphatic rings. The quantitative estimate of drug-likeness (QED) is 0.745. The monoisotopic (exact) mass is 199 g/mol. The zero-order valence-corrected chi connectivity index (χ0v) is 7.59. The van der Waals surface area contributed by atoms with Crippen LogP contribution in [0.2, 0.25) is 0 Å². The van der Waals surface area contributed by atoms with Gasteiger partial charge in [0, 0.05) is 24.2 Å². The minimum atomic E-state index is -0.612. The molecule has 0 bridgehead atoms. The van der Waals surface area contributed by atoms with Crippen LogP contribution in [0.3, 0.4) is 0 Å². The first-order chi connectivity index (χ1) is 6.70. The third-order valence-electron chi connectivity index (χ3n) is 2.39. The van der Waals surface area contributed by atoms with E-state index in [-0.39, 0.29) is 6.10 Å². The first kappa shape index (κ1) is 9.40. The normalized spacial score (nSPS) is 20.1. The van der Waals surface area contributed by atoms with Crippen LogP contribution in [0.25, 0.3) is 0 Å². The fourth-order valence-corrected chi connectivity index (χ4v) is 1.64. The molecule has 1 unspecified atom stereocenters. The summed E-state index contributed by atoms with van der Waals surface area (Å²) in [6, 6.07) is 2.09. The van der Waals surface area contributed by atoms with Crippen molar-refractivity contribution in [3.8, 4) is 5.75 Å². The van der Waals surface area contributed by atoms with Crippen LogP contribution in [0.5, 0.6) is 5.75 Å². The van der Waals surface area contributed by atoms with E-state index in [4.69, 9.17) is 10.5 Å². The molecule has 0 aliphatic carbocycles. The summed E-state index contributed by atoms with van der Waals surface area (Å²) in [4.78, 5) is 0. The molecule has 0 radical (unpaired) electrons. The molecule has 14 heavy (non-hydrogen) atoms. The van der Waals surface area contributed by atoms with Gasteiger partial charge in [-0.25, -0.2) is 8.78 Å².